The number of nitrogens with zero attached hydrogens (tertiary/aromatic N) is 4. The third-order valence-electron chi connectivity index (χ3n) is 4.26. The number of nitrogens with one attached hydrogen (secondary N) is 4. The van der Waals surface area contributed by atoms with E-state index in [2.05, 4.69) is 49.0 Å². The molecule has 2 heterocycles. The predicted octanol–water partition coefficient (Wildman–Crippen LogP) is 4.91. The minimum absolute atomic E-state index is 0. The van der Waals surface area contributed by atoms with E-state index in [1.165, 1.54) is 0 Å². The monoisotopic (exact) mass is 424 g/mol. The zero-order chi connectivity index (χ0) is 20.2. The molecule has 0 aliphatic rings. The molecule has 4 N–H and O–H groups in total. The molecule has 0 unspecified atom stereocenters. The van der Waals surface area contributed by atoms with Gasteiger partial charge in [-0.15, -0.1) is 12.4 Å². The summed E-state index contributed by atoms with van der Waals surface area (Å²) in [6.45, 7) is 12.0. The largest absolute Gasteiger partial charge is 0.368 e. The van der Waals surface area contributed by atoms with Gasteiger partial charge in [0.05, 0.1) is 0 Å². The lowest BCUT2D eigenvalue weighted by atomic mass is 10.3. The van der Waals surface area contributed by atoms with E-state index in [1.54, 1.807) is 0 Å². The zero-order valence-corrected chi connectivity index (χ0v) is 19.1. The molecule has 8 nitrogen and oxygen atoms in total. The number of hydrogen-bond acceptors (Lipinski definition) is 8. The van der Waals surface area contributed by atoms with Crippen molar-refractivity contribution in [2.24, 2.45) is 0 Å². The van der Waals surface area contributed by atoms with Crippen LogP contribution in [0.2, 0.25) is 0 Å². The Morgan fingerprint density at radius 2 is 0.931 bits per heavy atom. The smallest absolute Gasteiger partial charge is 0.225 e. The lowest BCUT2D eigenvalue weighted by molar-refractivity contribution is 0.825. The first-order valence-corrected chi connectivity index (χ1v) is 10.8. The van der Waals surface area contributed by atoms with Crippen LogP contribution in [0.15, 0.2) is 0 Å². The van der Waals surface area contributed by atoms with Gasteiger partial charge in [0.25, 0.3) is 0 Å². The summed E-state index contributed by atoms with van der Waals surface area (Å²) < 4.78 is 0. The van der Waals surface area contributed by atoms with Gasteiger partial charge in [0.15, 0.2) is 11.6 Å². The SMILES string of the molecule is CCCCNc1nc(NCCC)c2nc(NCCCC)nc(NCCC)c2n1.Cl. The van der Waals surface area contributed by atoms with Crippen LogP contribution in [0, 0.1) is 0 Å². The van der Waals surface area contributed by atoms with Crippen molar-refractivity contribution in [3.05, 3.63) is 0 Å². The summed E-state index contributed by atoms with van der Waals surface area (Å²) in [6, 6.07) is 0. The summed E-state index contributed by atoms with van der Waals surface area (Å²) >= 11 is 0. The van der Waals surface area contributed by atoms with Crippen LogP contribution in [0.3, 0.4) is 0 Å². The molecule has 0 saturated heterocycles. The third-order valence-corrected chi connectivity index (χ3v) is 4.26. The maximum atomic E-state index is 4.73. The quantitative estimate of drug-likeness (QED) is 0.317. The normalized spacial score (nSPS) is 10.5. The fraction of sp³-hybridized carbons (Fsp3) is 0.700. The maximum Gasteiger partial charge on any atom is 0.225 e. The van der Waals surface area contributed by atoms with E-state index in [-0.39, 0.29) is 12.4 Å². The third kappa shape index (κ3) is 7.68. The van der Waals surface area contributed by atoms with Gasteiger partial charge in [-0.05, 0) is 25.7 Å². The van der Waals surface area contributed by atoms with E-state index in [1.807, 2.05) is 0 Å². The standard InChI is InChI=1S/C20H36N8.ClH/c1-5-9-13-23-19-25-15-16(17(27-19)21-11-7-3)26-20(24-14-10-6-2)28-18(15)22-12-8-4;/h5-14H2,1-4H3,(H2,21,23,25,27)(H2,22,24,26,28);1H. The molecule has 0 spiro atoms. The van der Waals surface area contributed by atoms with Crippen molar-refractivity contribution in [1.29, 1.82) is 0 Å². The number of unbranched alkanes of at least 4 members (excludes halogenated alkanes) is 2. The molecule has 0 atom stereocenters. The lowest BCUT2D eigenvalue weighted by Gasteiger charge is -2.15. The van der Waals surface area contributed by atoms with Gasteiger partial charge in [-0.25, -0.2) is 9.97 Å². The van der Waals surface area contributed by atoms with Crippen molar-refractivity contribution in [3.8, 4) is 0 Å². The second-order valence-corrected chi connectivity index (χ2v) is 6.90. The summed E-state index contributed by atoms with van der Waals surface area (Å²) in [6.07, 6.45) is 6.44. The molecule has 0 bridgehead atoms. The van der Waals surface area contributed by atoms with Gasteiger partial charge in [-0.2, -0.15) is 9.97 Å². The highest BCUT2D eigenvalue weighted by Gasteiger charge is 2.15. The number of anilines is 4. The van der Waals surface area contributed by atoms with Crippen molar-refractivity contribution >= 4 is 47.0 Å². The van der Waals surface area contributed by atoms with Crippen molar-refractivity contribution < 1.29 is 0 Å². The van der Waals surface area contributed by atoms with Crippen LogP contribution in [-0.2, 0) is 0 Å². The highest BCUT2D eigenvalue weighted by Crippen LogP contribution is 2.27. The Hall–Kier alpha value is -2.09. The molecule has 0 radical (unpaired) electrons. The molecule has 0 amide bonds. The number of fused-ring (bicyclic) bond motifs is 1. The molecule has 9 heteroatoms. The Morgan fingerprint density at radius 3 is 1.28 bits per heavy atom. The van der Waals surface area contributed by atoms with E-state index in [0.29, 0.717) is 11.9 Å². The van der Waals surface area contributed by atoms with Crippen molar-refractivity contribution in [3.63, 3.8) is 0 Å². The summed E-state index contributed by atoms with van der Waals surface area (Å²) in [4.78, 5) is 18.8. The van der Waals surface area contributed by atoms with Gasteiger partial charge < -0.3 is 21.3 Å². The Labute approximate surface area is 180 Å². The molecule has 0 aliphatic carbocycles. The van der Waals surface area contributed by atoms with Crippen molar-refractivity contribution in [2.45, 2.75) is 66.2 Å². The number of aromatic nitrogens is 4. The number of hydrogen-bond donors (Lipinski definition) is 4. The van der Waals surface area contributed by atoms with Crippen LogP contribution in [-0.4, -0.2) is 46.1 Å². The van der Waals surface area contributed by atoms with Gasteiger partial charge in [0.2, 0.25) is 11.9 Å². The first-order valence-electron chi connectivity index (χ1n) is 10.8. The summed E-state index contributed by atoms with van der Waals surface area (Å²) in [5.41, 5.74) is 1.50. The fourth-order valence-corrected chi connectivity index (χ4v) is 2.66. The number of rotatable bonds is 14. The first-order chi connectivity index (χ1) is 13.7. The Morgan fingerprint density at radius 1 is 0.517 bits per heavy atom. The van der Waals surface area contributed by atoms with Crippen LogP contribution in [0.25, 0.3) is 11.0 Å². The second-order valence-electron chi connectivity index (χ2n) is 6.90. The van der Waals surface area contributed by atoms with Gasteiger partial charge >= 0.3 is 0 Å². The molecule has 29 heavy (non-hydrogen) atoms. The molecule has 2 rings (SSSR count). The minimum Gasteiger partial charge on any atom is -0.368 e. The van der Waals surface area contributed by atoms with Gasteiger partial charge in [0, 0.05) is 26.2 Å². The highest BCUT2D eigenvalue weighted by atomic mass is 35.5. The molecule has 2 aromatic heterocycles. The summed E-state index contributed by atoms with van der Waals surface area (Å²) in [5, 5.41) is 13.5. The van der Waals surface area contributed by atoms with Gasteiger partial charge in [0.1, 0.15) is 11.0 Å². The van der Waals surface area contributed by atoms with E-state index in [9.17, 15) is 0 Å². The van der Waals surface area contributed by atoms with Crippen molar-refractivity contribution in [2.75, 3.05) is 47.4 Å². The Balaban J connectivity index is 0.00000420. The molecule has 0 aliphatic heterocycles. The molecular formula is C20H37ClN8. The predicted molar refractivity (Wildman–Crippen MR) is 127 cm³/mol. The Bertz CT molecular complexity index is 664. The van der Waals surface area contributed by atoms with Crippen LogP contribution in [0.5, 0.6) is 0 Å². The van der Waals surface area contributed by atoms with E-state index in [0.717, 1.165) is 87.4 Å². The van der Waals surface area contributed by atoms with Crippen LogP contribution in [0.1, 0.15) is 66.2 Å². The molecule has 0 aromatic carbocycles. The molecule has 2 aromatic rings. The topological polar surface area (TPSA) is 99.7 Å². The average molecular weight is 425 g/mol. The molecule has 0 fully saturated rings. The molecular weight excluding hydrogens is 388 g/mol. The average Bonchev–Trinajstić information content (AvgIpc) is 2.71. The molecule has 164 valence electrons. The fourth-order valence-electron chi connectivity index (χ4n) is 2.66. The van der Waals surface area contributed by atoms with Gasteiger partial charge in [-0.3, -0.25) is 0 Å². The number of halogens is 1. The first kappa shape index (κ1) is 24.9. The van der Waals surface area contributed by atoms with E-state index < -0.39 is 0 Å². The highest BCUT2D eigenvalue weighted by molar-refractivity contribution is 5.94. The van der Waals surface area contributed by atoms with E-state index in [4.69, 9.17) is 19.9 Å². The minimum atomic E-state index is 0. The molecule has 0 saturated carbocycles. The lowest BCUT2D eigenvalue weighted by Crippen LogP contribution is -2.14. The summed E-state index contributed by atoms with van der Waals surface area (Å²) in [7, 11) is 0. The maximum absolute atomic E-state index is 4.73. The van der Waals surface area contributed by atoms with Crippen LogP contribution in [0.4, 0.5) is 23.5 Å². The van der Waals surface area contributed by atoms with Crippen LogP contribution >= 0.6 is 12.4 Å². The Kier molecular flexibility index (Phi) is 12.0. The summed E-state index contributed by atoms with van der Waals surface area (Å²) in [5.74, 6) is 2.75. The van der Waals surface area contributed by atoms with Gasteiger partial charge in [-0.1, -0.05) is 40.5 Å². The van der Waals surface area contributed by atoms with Crippen LogP contribution < -0.4 is 21.3 Å². The van der Waals surface area contributed by atoms with E-state index >= 15 is 0 Å². The zero-order valence-electron chi connectivity index (χ0n) is 18.3. The van der Waals surface area contributed by atoms with Crippen molar-refractivity contribution in [1.82, 2.24) is 19.9 Å². The second kappa shape index (κ2) is 14.0.